The number of rotatable bonds is 4. The van der Waals surface area contributed by atoms with Gasteiger partial charge in [0.15, 0.2) is 0 Å². The molecule has 0 aliphatic rings. The zero-order valence-corrected chi connectivity index (χ0v) is 9.56. The van der Waals surface area contributed by atoms with Gasteiger partial charge in [-0.3, -0.25) is 4.68 Å². The molecule has 0 bridgehead atoms. The molecule has 0 saturated carbocycles. The summed E-state index contributed by atoms with van der Waals surface area (Å²) in [7, 11) is 1.92. The highest BCUT2D eigenvalue weighted by atomic mass is 79.9. The SMILES string of the molecule is C=CCCNc1c(Br)c(C)nn1C. The maximum Gasteiger partial charge on any atom is 0.138 e. The molecule has 1 aromatic heterocycles. The summed E-state index contributed by atoms with van der Waals surface area (Å²) in [5, 5.41) is 7.56. The first kappa shape index (κ1) is 10.3. The number of nitrogens with one attached hydrogen (secondary N) is 1. The lowest BCUT2D eigenvalue weighted by molar-refractivity contribution is 0.758. The van der Waals surface area contributed by atoms with Gasteiger partial charge in [0.2, 0.25) is 0 Å². The molecule has 0 aliphatic carbocycles. The Hall–Kier alpha value is -0.770. The van der Waals surface area contributed by atoms with Crippen molar-refractivity contribution < 1.29 is 0 Å². The van der Waals surface area contributed by atoms with Crippen molar-refractivity contribution in [1.29, 1.82) is 0 Å². The second-order valence-electron chi connectivity index (χ2n) is 2.88. The topological polar surface area (TPSA) is 29.9 Å². The summed E-state index contributed by atoms with van der Waals surface area (Å²) in [4.78, 5) is 0. The number of hydrogen-bond acceptors (Lipinski definition) is 2. The number of anilines is 1. The Morgan fingerprint density at radius 2 is 2.38 bits per heavy atom. The molecule has 0 fully saturated rings. The minimum atomic E-state index is 0.890. The molecule has 0 aromatic carbocycles. The van der Waals surface area contributed by atoms with Gasteiger partial charge in [-0.1, -0.05) is 6.08 Å². The Bertz CT molecular complexity index is 304. The van der Waals surface area contributed by atoms with E-state index in [1.165, 1.54) is 0 Å². The maximum absolute atomic E-state index is 4.27. The first-order valence-corrected chi connectivity index (χ1v) is 5.00. The molecule has 1 N–H and O–H groups in total. The van der Waals surface area contributed by atoms with E-state index in [1.54, 1.807) is 0 Å². The van der Waals surface area contributed by atoms with E-state index in [2.05, 4.69) is 32.9 Å². The van der Waals surface area contributed by atoms with Crippen molar-refractivity contribution in [2.45, 2.75) is 13.3 Å². The fourth-order valence-electron chi connectivity index (χ4n) is 1.12. The van der Waals surface area contributed by atoms with Crippen LogP contribution in [0.25, 0.3) is 0 Å². The lowest BCUT2D eigenvalue weighted by Gasteiger charge is -2.04. The largest absolute Gasteiger partial charge is 0.369 e. The molecule has 72 valence electrons. The quantitative estimate of drug-likeness (QED) is 0.651. The monoisotopic (exact) mass is 243 g/mol. The van der Waals surface area contributed by atoms with Gasteiger partial charge in [0.1, 0.15) is 5.82 Å². The molecule has 3 nitrogen and oxygen atoms in total. The van der Waals surface area contributed by atoms with E-state index < -0.39 is 0 Å². The summed E-state index contributed by atoms with van der Waals surface area (Å²) in [6.45, 7) is 6.53. The molecule has 0 unspecified atom stereocenters. The van der Waals surface area contributed by atoms with Gasteiger partial charge >= 0.3 is 0 Å². The first-order valence-electron chi connectivity index (χ1n) is 4.20. The molecule has 13 heavy (non-hydrogen) atoms. The second-order valence-corrected chi connectivity index (χ2v) is 3.67. The van der Waals surface area contributed by atoms with E-state index in [-0.39, 0.29) is 0 Å². The Balaban J connectivity index is 2.69. The van der Waals surface area contributed by atoms with Gasteiger partial charge in [-0.2, -0.15) is 5.10 Å². The average molecular weight is 244 g/mol. The third kappa shape index (κ3) is 2.34. The highest BCUT2D eigenvalue weighted by Gasteiger charge is 2.08. The summed E-state index contributed by atoms with van der Waals surface area (Å²) in [5.41, 5.74) is 1.00. The molecular formula is C9H14BrN3. The number of hydrogen-bond donors (Lipinski definition) is 1. The van der Waals surface area contributed by atoms with Crippen LogP contribution < -0.4 is 5.32 Å². The zero-order valence-electron chi connectivity index (χ0n) is 7.97. The summed E-state index contributed by atoms with van der Waals surface area (Å²) < 4.78 is 2.88. The smallest absolute Gasteiger partial charge is 0.138 e. The van der Waals surface area contributed by atoms with Gasteiger partial charge < -0.3 is 5.32 Å². The van der Waals surface area contributed by atoms with Crippen LogP contribution in [0.5, 0.6) is 0 Å². The van der Waals surface area contributed by atoms with Gasteiger partial charge in [-0.15, -0.1) is 6.58 Å². The molecule has 4 heteroatoms. The van der Waals surface area contributed by atoms with Crippen LogP contribution in [0.15, 0.2) is 17.1 Å². The third-order valence-corrected chi connectivity index (χ3v) is 2.74. The minimum Gasteiger partial charge on any atom is -0.369 e. The van der Waals surface area contributed by atoms with E-state index in [0.717, 1.165) is 29.0 Å². The summed E-state index contributed by atoms with van der Waals surface area (Å²) in [6.07, 6.45) is 2.85. The van der Waals surface area contributed by atoms with Crippen LogP contribution in [0.2, 0.25) is 0 Å². The van der Waals surface area contributed by atoms with Gasteiger partial charge in [-0.25, -0.2) is 0 Å². The van der Waals surface area contributed by atoms with E-state index in [9.17, 15) is 0 Å². The molecule has 0 aliphatic heterocycles. The fraction of sp³-hybridized carbons (Fsp3) is 0.444. The fourth-order valence-corrected chi connectivity index (χ4v) is 1.59. The van der Waals surface area contributed by atoms with Gasteiger partial charge in [0, 0.05) is 13.6 Å². The molecule has 0 amide bonds. The Morgan fingerprint density at radius 3 is 2.85 bits per heavy atom. The third-order valence-electron chi connectivity index (χ3n) is 1.79. The Morgan fingerprint density at radius 1 is 1.69 bits per heavy atom. The van der Waals surface area contributed by atoms with Gasteiger partial charge in [0.25, 0.3) is 0 Å². The molecule has 0 spiro atoms. The Kier molecular flexibility index (Phi) is 3.54. The highest BCUT2D eigenvalue weighted by Crippen LogP contribution is 2.24. The van der Waals surface area contributed by atoms with E-state index in [4.69, 9.17) is 0 Å². The van der Waals surface area contributed by atoms with Crippen molar-refractivity contribution in [3.63, 3.8) is 0 Å². The molecule has 0 atom stereocenters. The van der Waals surface area contributed by atoms with E-state index in [1.807, 2.05) is 24.7 Å². The predicted octanol–water partition coefficient (Wildman–Crippen LogP) is 2.48. The lowest BCUT2D eigenvalue weighted by Crippen LogP contribution is -2.05. The van der Waals surface area contributed by atoms with Crippen LogP contribution in [0, 0.1) is 6.92 Å². The average Bonchev–Trinajstić information content (AvgIpc) is 2.32. The van der Waals surface area contributed by atoms with Crippen LogP contribution >= 0.6 is 15.9 Å². The predicted molar refractivity (Wildman–Crippen MR) is 58.9 cm³/mol. The highest BCUT2D eigenvalue weighted by molar-refractivity contribution is 9.10. The van der Waals surface area contributed by atoms with Crippen molar-refractivity contribution >= 4 is 21.7 Å². The zero-order chi connectivity index (χ0) is 9.84. The molecule has 0 saturated heterocycles. The van der Waals surface area contributed by atoms with Crippen LogP contribution in [0.4, 0.5) is 5.82 Å². The number of halogens is 1. The number of nitrogens with zero attached hydrogens (tertiary/aromatic N) is 2. The molecular weight excluding hydrogens is 230 g/mol. The molecule has 1 rings (SSSR count). The van der Waals surface area contributed by atoms with Crippen LogP contribution in [-0.2, 0) is 7.05 Å². The number of aryl methyl sites for hydroxylation is 2. The number of aromatic nitrogens is 2. The molecule has 1 aromatic rings. The second kappa shape index (κ2) is 4.46. The molecule has 0 radical (unpaired) electrons. The Labute approximate surface area is 87.0 Å². The van der Waals surface area contributed by atoms with Gasteiger partial charge in [0.05, 0.1) is 10.2 Å². The van der Waals surface area contributed by atoms with Crippen LogP contribution in [0.1, 0.15) is 12.1 Å². The maximum atomic E-state index is 4.27. The van der Waals surface area contributed by atoms with Crippen molar-refractivity contribution in [2.24, 2.45) is 7.05 Å². The van der Waals surface area contributed by atoms with Gasteiger partial charge in [-0.05, 0) is 29.3 Å². The van der Waals surface area contributed by atoms with Crippen molar-refractivity contribution in [3.8, 4) is 0 Å². The lowest BCUT2D eigenvalue weighted by atomic mass is 10.4. The van der Waals surface area contributed by atoms with E-state index >= 15 is 0 Å². The summed E-state index contributed by atoms with van der Waals surface area (Å²) in [5.74, 6) is 1.03. The minimum absolute atomic E-state index is 0.890. The standard InChI is InChI=1S/C9H14BrN3/c1-4-5-6-11-9-8(10)7(2)12-13(9)3/h4,11H,1,5-6H2,2-3H3. The van der Waals surface area contributed by atoms with Crippen LogP contribution in [0.3, 0.4) is 0 Å². The summed E-state index contributed by atoms with van der Waals surface area (Å²) in [6, 6.07) is 0. The van der Waals surface area contributed by atoms with Crippen molar-refractivity contribution in [1.82, 2.24) is 9.78 Å². The van der Waals surface area contributed by atoms with Crippen molar-refractivity contribution in [3.05, 3.63) is 22.8 Å². The van der Waals surface area contributed by atoms with E-state index in [0.29, 0.717) is 0 Å². The van der Waals surface area contributed by atoms with Crippen LogP contribution in [-0.4, -0.2) is 16.3 Å². The molecule has 1 heterocycles. The summed E-state index contributed by atoms with van der Waals surface area (Å²) >= 11 is 3.48. The first-order chi connectivity index (χ1) is 6.16. The normalized spacial score (nSPS) is 10.1. The van der Waals surface area contributed by atoms with Crippen molar-refractivity contribution in [2.75, 3.05) is 11.9 Å².